The first kappa shape index (κ1) is 14.2. The van der Waals surface area contributed by atoms with Gasteiger partial charge >= 0.3 is 0 Å². The maximum atomic E-state index is 11.9. The lowest BCUT2D eigenvalue weighted by Crippen LogP contribution is -2.57. The highest BCUT2D eigenvalue weighted by atomic mass is 32.1. The first-order valence-electron chi connectivity index (χ1n) is 6.81. The standard InChI is InChI=1S/C13H17N5O2S/c1-14-12(19)9-7-15-4-5-18(9)8-11-16-13(20-17-11)10-3-2-6-21-10/h2-3,6,9,15H,4-5,7-8H2,1H3,(H,14,19). The van der Waals surface area contributed by atoms with Crippen LogP contribution in [0.5, 0.6) is 0 Å². The Morgan fingerprint density at radius 2 is 2.57 bits per heavy atom. The van der Waals surface area contributed by atoms with Gasteiger partial charge < -0.3 is 15.2 Å². The van der Waals surface area contributed by atoms with Gasteiger partial charge in [-0.25, -0.2) is 0 Å². The minimum Gasteiger partial charge on any atom is -0.358 e. The molecule has 0 radical (unpaired) electrons. The van der Waals surface area contributed by atoms with Crippen LogP contribution in [0.1, 0.15) is 5.82 Å². The summed E-state index contributed by atoms with van der Waals surface area (Å²) in [6.45, 7) is 2.77. The molecule has 1 atom stereocenters. The van der Waals surface area contributed by atoms with Crippen molar-refractivity contribution in [2.45, 2.75) is 12.6 Å². The second-order valence-electron chi connectivity index (χ2n) is 4.80. The van der Waals surface area contributed by atoms with E-state index in [1.807, 2.05) is 17.5 Å². The quantitative estimate of drug-likeness (QED) is 0.846. The molecule has 1 unspecified atom stereocenters. The van der Waals surface area contributed by atoms with E-state index in [9.17, 15) is 4.79 Å². The molecule has 112 valence electrons. The van der Waals surface area contributed by atoms with E-state index in [1.54, 1.807) is 18.4 Å². The summed E-state index contributed by atoms with van der Waals surface area (Å²) in [6, 6.07) is 3.69. The van der Waals surface area contributed by atoms with Crippen LogP contribution < -0.4 is 10.6 Å². The summed E-state index contributed by atoms with van der Waals surface area (Å²) < 4.78 is 5.28. The van der Waals surface area contributed by atoms with Crippen molar-refractivity contribution in [2.75, 3.05) is 26.7 Å². The molecule has 1 fully saturated rings. The molecule has 3 rings (SSSR count). The molecule has 2 aromatic heterocycles. The van der Waals surface area contributed by atoms with Gasteiger partial charge in [-0.3, -0.25) is 9.69 Å². The van der Waals surface area contributed by atoms with Crippen molar-refractivity contribution < 1.29 is 9.32 Å². The number of carbonyl (C=O) groups excluding carboxylic acids is 1. The zero-order chi connectivity index (χ0) is 14.7. The molecule has 1 aliphatic rings. The lowest BCUT2D eigenvalue weighted by Gasteiger charge is -2.33. The van der Waals surface area contributed by atoms with Crippen LogP contribution >= 0.6 is 11.3 Å². The molecule has 0 aliphatic carbocycles. The highest BCUT2D eigenvalue weighted by molar-refractivity contribution is 7.13. The Balaban J connectivity index is 1.71. The van der Waals surface area contributed by atoms with Crippen molar-refractivity contribution in [2.24, 2.45) is 0 Å². The average molecular weight is 307 g/mol. The minimum absolute atomic E-state index is 0.00387. The second-order valence-corrected chi connectivity index (χ2v) is 5.75. The van der Waals surface area contributed by atoms with E-state index >= 15 is 0 Å². The fourth-order valence-corrected chi connectivity index (χ4v) is 3.01. The summed E-state index contributed by atoms with van der Waals surface area (Å²) in [5.41, 5.74) is 0. The number of thiophene rings is 1. The average Bonchev–Trinajstić information content (AvgIpc) is 3.18. The van der Waals surface area contributed by atoms with E-state index < -0.39 is 0 Å². The predicted octanol–water partition coefficient (Wildman–Crippen LogP) is 0.318. The van der Waals surface area contributed by atoms with Crippen LogP contribution in [-0.4, -0.2) is 53.7 Å². The number of rotatable bonds is 4. The van der Waals surface area contributed by atoms with Crippen LogP contribution in [0, 0.1) is 0 Å². The molecule has 2 aromatic rings. The smallest absolute Gasteiger partial charge is 0.268 e. The van der Waals surface area contributed by atoms with Gasteiger partial charge in [0.25, 0.3) is 5.89 Å². The number of hydrogen-bond donors (Lipinski definition) is 2. The number of nitrogens with zero attached hydrogens (tertiary/aromatic N) is 3. The monoisotopic (exact) mass is 307 g/mol. The number of aromatic nitrogens is 2. The van der Waals surface area contributed by atoms with Crippen LogP contribution in [0.3, 0.4) is 0 Å². The fraction of sp³-hybridized carbons (Fsp3) is 0.462. The van der Waals surface area contributed by atoms with E-state index in [0.29, 0.717) is 24.8 Å². The van der Waals surface area contributed by atoms with Crippen LogP contribution in [0.15, 0.2) is 22.0 Å². The molecule has 0 bridgehead atoms. The molecule has 7 nitrogen and oxygen atoms in total. The molecule has 8 heteroatoms. The van der Waals surface area contributed by atoms with E-state index in [4.69, 9.17) is 4.52 Å². The molecule has 21 heavy (non-hydrogen) atoms. The maximum absolute atomic E-state index is 11.9. The molecule has 1 amide bonds. The predicted molar refractivity (Wildman–Crippen MR) is 78.7 cm³/mol. The largest absolute Gasteiger partial charge is 0.358 e. The van der Waals surface area contributed by atoms with Gasteiger partial charge in [-0.05, 0) is 11.4 Å². The van der Waals surface area contributed by atoms with Crippen LogP contribution in [-0.2, 0) is 11.3 Å². The number of amides is 1. The van der Waals surface area contributed by atoms with Gasteiger partial charge in [-0.15, -0.1) is 11.3 Å². The third kappa shape index (κ3) is 3.12. The normalized spacial score (nSPS) is 19.6. The number of likely N-dealkylation sites (N-methyl/N-ethyl adjacent to an activating group) is 1. The summed E-state index contributed by atoms with van der Waals surface area (Å²) >= 11 is 1.56. The number of carbonyl (C=O) groups is 1. The zero-order valence-corrected chi connectivity index (χ0v) is 12.5. The van der Waals surface area contributed by atoms with Crippen LogP contribution in [0.4, 0.5) is 0 Å². The third-order valence-electron chi connectivity index (χ3n) is 3.45. The third-order valence-corrected chi connectivity index (χ3v) is 4.31. The highest BCUT2D eigenvalue weighted by Crippen LogP contribution is 2.22. The molecule has 1 saturated heterocycles. The maximum Gasteiger partial charge on any atom is 0.268 e. The highest BCUT2D eigenvalue weighted by Gasteiger charge is 2.29. The molecule has 1 aliphatic heterocycles. The van der Waals surface area contributed by atoms with Gasteiger partial charge in [0, 0.05) is 26.7 Å². The lowest BCUT2D eigenvalue weighted by atomic mass is 10.1. The van der Waals surface area contributed by atoms with Gasteiger partial charge in [0.05, 0.1) is 11.4 Å². The van der Waals surface area contributed by atoms with Gasteiger partial charge in [-0.1, -0.05) is 11.2 Å². The molecule has 0 spiro atoms. The Labute approximate surface area is 126 Å². The van der Waals surface area contributed by atoms with E-state index in [1.165, 1.54) is 0 Å². The SMILES string of the molecule is CNC(=O)C1CNCCN1Cc1noc(-c2cccs2)n1. The molecular weight excluding hydrogens is 290 g/mol. The minimum atomic E-state index is -0.201. The van der Waals surface area contributed by atoms with E-state index in [-0.39, 0.29) is 11.9 Å². The van der Waals surface area contributed by atoms with Crippen molar-refractivity contribution in [3.63, 3.8) is 0 Å². The molecular formula is C13H17N5O2S. The molecule has 0 aromatic carbocycles. The molecule has 0 saturated carbocycles. The Hall–Kier alpha value is -1.77. The van der Waals surface area contributed by atoms with Crippen molar-refractivity contribution in [1.29, 1.82) is 0 Å². The summed E-state index contributed by atoms with van der Waals surface area (Å²) in [5.74, 6) is 1.14. The number of piperazine rings is 1. The van der Waals surface area contributed by atoms with Gasteiger partial charge in [0.2, 0.25) is 5.91 Å². The second kappa shape index (κ2) is 6.33. The van der Waals surface area contributed by atoms with Crippen LogP contribution in [0.2, 0.25) is 0 Å². The summed E-state index contributed by atoms with van der Waals surface area (Å²) in [7, 11) is 1.65. The summed E-state index contributed by atoms with van der Waals surface area (Å²) in [5, 5.41) is 11.9. The Morgan fingerprint density at radius 3 is 3.33 bits per heavy atom. The Morgan fingerprint density at radius 1 is 1.67 bits per heavy atom. The van der Waals surface area contributed by atoms with Crippen molar-refractivity contribution in [1.82, 2.24) is 25.7 Å². The number of nitrogens with one attached hydrogen (secondary N) is 2. The Kier molecular flexibility index (Phi) is 4.28. The van der Waals surface area contributed by atoms with Crippen LogP contribution in [0.25, 0.3) is 10.8 Å². The van der Waals surface area contributed by atoms with Gasteiger partial charge in [0.1, 0.15) is 6.04 Å². The van der Waals surface area contributed by atoms with Crippen molar-refractivity contribution >= 4 is 17.2 Å². The fourth-order valence-electron chi connectivity index (χ4n) is 2.36. The van der Waals surface area contributed by atoms with Crippen molar-refractivity contribution in [3.8, 4) is 10.8 Å². The number of hydrogen-bond acceptors (Lipinski definition) is 7. The van der Waals surface area contributed by atoms with Crippen molar-refractivity contribution in [3.05, 3.63) is 23.3 Å². The first-order chi connectivity index (χ1) is 10.3. The first-order valence-corrected chi connectivity index (χ1v) is 7.68. The Bertz CT molecular complexity index is 597. The van der Waals surface area contributed by atoms with E-state index in [0.717, 1.165) is 18.0 Å². The van der Waals surface area contributed by atoms with Gasteiger partial charge in [0.15, 0.2) is 5.82 Å². The van der Waals surface area contributed by atoms with Gasteiger partial charge in [-0.2, -0.15) is 4.98 Å². The zero-order valence-electron chi connectivity index (χ0n) is 11.7. The lowest BCUT2D eigenvalue weighted by molar-refractivity contribution is -0.126. The van der Waals surface area contributed by atoms with E-state index in [2.05, 4.69) is 25.7 Å². The summed E-state index contributed by atoms with van der Waals surface area (Å²) in [6.07, 6.45) is 0. The topological polar surface area (TPSA) is 83.3 Å². The summed E-state index contributed by atoms with van der Waals surface area (Å²) in [4.78, 5) is 19.3. The molecule has 3 heterocycles. The molecule has 2 N–H and O–H groups in total.